The van der Waals surface area contributed by atoms with Crippen molar-refractivity contribution < 1.29 is 10.0 Å². The fourth-order valence-electron chi connectivity index (χ4n) is 2.24. The van der Waals surface area contributed by atoms with Crippen molar-refractivity contribution in [2.24, 2.45) is 0 Å². The van der Waals surface area contributed by atoms with Gasteiger partial charge < -0.3 is 5.32 Å². The summed E-state index contributed by atoms with van der Waals surface area (Å²) in [7, 11) is 0. The van der Waals surface area contributed by atoms with E-state index < -0.39 is 11.9 Å². The van der Waals surface area contributed by atoms with Gasteiger partial charge in [0.25, 0.3) is 5.91 Å². The average Bonchev–Trinajstić information content (AvgIpc) is 2.81. The van der Waals surface area contributed by atoms with E-state index in [2.05, 4.69) is 33.2 Å². The molecule has 0 aromatic carbocycles. The van der Waals surface area contributed by atoms with Crippen molar-refractivity contribution in [3.63, 3.8) is 0 Å². The molecular formula is C14H19BrN4O2. The van der Waals surface area contributed by atoms with E-state index in [9.17, 15) is 4.79 Å². The second-order valence-electron chi connectivity index (χ2n) is 4.96. The zero-order chi connectivity index (χ0) is 15.6. The predicted molar refractivity (Wildman–Crippen MR) is 84.6 cm³/mol. The number of halogens is 1. The number of rotatable bonds is 5. The molecule has 114 valence electrons. The van der Waals surface area contributed by atoms with E-state index in [4.69, 9.17) is 5.21 Å². The normalized spacial score (nSPS) is 12.4. The molecule has 2 aromatic heterocycles. The maximum Gasteiger partial charge on any atom is 0.265 e. The fraction of sp³-hybridized carbons (Fsp3) is 0.429. The Kier molecular flexibility index (Phi) is 4.84. The Morgan fingerprint density at radius 2 is 2.24 bits per heavy atom. The van der Waals surface area contributed by atoms with Crippen LogP contribution < -0.4 is 10.8 Å². The smallest absolute Gasteiger partial charge is 0.265 e. The monoisotopic (exact) mass is 354 g/mol. The summed E-state index contributed by atoms with van der Waals surface area (Å²) >= 11 is 3.51. The molecule has 0 fully saturated rings. The summed E-state index contributed by atoms with van der Waals surface area (Å²) in [5, 5.41) is 11.9. The van der Waals surface area contributed by atoms with E-state index in [-0.39, 0.29) is 0 Å². The van der Waals surface area contributed by atoms with Crippen molar-refractivity contribution in [2.75, 3.05) is 5.32 Å². The van der Waals surface area contributed by atoms with Gasteiger partial charge in [-0.15, -0.1) is 0 Å². The largest absolute Gasteiger partial charge is 0.358 e. The number of anilines is 1. The lowest BCUT2D eigenvalue weighted by Crippen LogP contribution is -2.36. The van der Waals surface area contributed by atoms with Gasteiger partial charge in [-0.05, 0) is 48.3 Å². The highest BCUT2D eigenvalue weighted by molar-refractivity contribution is 9.10. The SMILES string of the molecule is CCCc1nc2ccc(Br)c(C)n2c1NC(C)C(=O)NO. The number of hydrogen-bond acceptors (Lipinski definition) is 4. The molecule has 0 aliphatic heterocycles. The van der Waals surface area contributed by atoms with Gasteiger partial charge >= 0.3 is 0 Å². The molecule has 2 rings (SSSR count). The molecule has 0 aliphatic carbocycles. The lowest BCUT2D eigenvalue weighted by Gasteiger charge is -2.15. The Bertz CT molecular complexity index is 669. The van der Waals surface area contributed by atoms with Crippen LogP contribution in [-0.2, 0) is 11.2 Å². The quantitative estimate of drug-likeness (QED) is 0.569. The summed E-state index contributed by atoms with van der Waals surface area (Å²) in [4.78, 5) is 16.2. The van der Waals surface area contributed by atoms with Crippen molar-refractivity contribution in [1.29, 1.82) is 0 Å². The van der Waals surface area contributed by atoms with Gasteiger partial charge in [0.1, 0.15) is 17.5 Å². The molecule has 0 aliphatic rings. The summed E-state index contributed by atoms with van der Waals surface area (Å²) in [5.74, 6) is 0.307. The number of hydroxylamine groups is 1. The number of hydrogen-bond donors (Lipinski definition) is 3. The molecule has 1 unspecified atom stereocenters. The molecule has 3 N–H and O–H groups in total. The lowest BCUT2D eigenvalue weighted by atomic mass is 10.2. The van der Waals surface area contributed by atoms with Gasteiger partial charge in [-0.2, -0.15) is 0 Å². The standard InChI is InChI=1S/C14H19BrN4O2/c1-4-5-11-13(16-8(2)14(20)18-21)19-9(3)10(15)6-7-12(19)17-11/h6-8,16,21H,4-5H2,1-3H3,(H,18,20). The maximum atomic E-state index is 11.5. The van der Waals surface area contributed by atoms with E-state index in [1.165, 1.54) is 0 Å². The number of carbonyl (C=O) groups excluding carboxylic acids is 1. The molecule has 7 heteroatoms. The molecule has 0 radical (unpaired) electrons. The number of amides is 1. The van der Waals surface area contributed by atoms with Crippen LogP contribution in [0.15, 0.2) is 16.6 Å². The number of imidazole rings is 1. The lowest BCUT2D eigenvalue weighted by molar-refractivity contribution is -0.129. The molecule has 1 atom stereocenters. The second kappa shape index (κ2) is 6.44. The number of fused-ring (bicyclic) bond motifs is 1. The molecular weight excluding hydrogens is 336 g/mol. The summed E-state index contributed by atoms with van der Waals surface area (Å²) < 4.78 is 2.95. The van der Waals surface area contributed by atoms with Gasteiger partial charge in [0.15, 0.2) is 0 Å². The van der Waals surface area contributed by atoms with Crippen LogP contribution in [0.3, 0.4) is 0 Å². The van der Waals surface area contributed by atoms with Gasteiger partial charge in [0, 0.05) is 10.2 Å². The van der Waals surface area contributed by atoms with Gasteiger partial charge in [0.05, 0.1) is 5.69 Å². The van der Waals surface area contributed by atoms with Crippen LogP contribution in [0.4, 0.5) is 5.82 Å². The molecule has 0 spiro atoms. The minimum atomic E-state index is -0.566. The molecule has 2 heterocycles. The number of aryl methyl sites for hydroxylation is 2. The average molecular weight is 355 g/mol. The Hall–Kier alpha value is -1.60. The van der Waals surface area contributed by atoms with E-state index in [1.54, 1.807) is 12.4 Å². The van der Waals surface area contributed by atoms with Crippen molar-refractivity contribution in [3.05, 3.63) is 28.0 Å². The van der Waals surface area contributed by atoms with Crippen molar-refractivity contribution in [1.82, 2.24) is 14.9 Å². The topological polar surface area (TPSA) is 78.7 Å². The molecule has 1 amide bonds. The highest BCUT2D eigenvalue weighted by atomic mass is 79.9. The first-order chi connectivity index (χ1) is 9.99. The third-order valence-electron chi connectivity index (χ3n) is 3.38. The van der Waals surface area contributed by atoms with Crippen LogP contribution in [0.2, 0.25) is 0 Å². The Morgan fingerprint density at radius 1 is 1.52 bits per heavy atom. The van der Waals surface area contributed by atoms with Gasteiger partial charge in [-0.1, -0.05) is 13.3 Å². The second-order valence-corrected chi connectivity index (χ2v) is 5.81. The molecule has 2 aromatic rings. The first-order valence-electron chi connectivity index (χ1n) is 6.86. The third kappa shape index (κ3) is 3.03. The van der Waals surface area contributed by atoms with Crippen LogP contribution >= 0.6 is 15.9 Å². The first-order valence-corrected chi connectivity index (χ1v) is 7.65. The summed E-state index contributed by atoms with van der Waals surface area (Å²) in [5.41, 5.74) is 4.41. The van der Waals surface area contributed by atoms with Gasteiger partial charge in [0.2, 0.25) is 0 Å². The van der Waals surface area contributed by atoms with Crippen LogP contribution in [-0.4, -0.2) is 26.5 Å². The van der Waals surface area contributed by atoms with Crippen LogP contribution in [0, 0.1) is 6.92 Å². The number of nitrogens with zero attached hydrogens (tertiary/aromatic N) is 2. The zero-order valence-corrected chi connectivity index (χ0v) is 13.9. The minimum Gasteiger partial charge on any atom is -0.358 e. The third-order valence-corrected chi connectivity index (χ3v) is 4.22. The highest BCUT2D eigenvalue weighted by Crippen LogP contribution is 2.26. The van der Waals surface area contributed by atoms with Crippen molar-refractivity contribution in [2.45, 2.75) is 39.7 Å². The fourth-order valence-corrected chi connectivity index (χ4v) is 2.55. The molecule has 6 nitrogen and oxygen atoms in total. The number of pyridine rings is 1. The van der Waals surface area contributed by atoms with Gasteiger partial charge in [-0.3, -0.25) is 14.4 Å². The minimum absolute atomic E-state index is 0.486. The van der Waals surface area contributed by atoms with Crippen LogP contribution in [0.5, 0.6) is 0 Å². The Morgan fingerprint density at radius 3 is 2.86 bits per heavy atom. The summed E-state index contributed by atoms with van der Waals surface area (Å²) in [6.07, 6.45) is 1.77. The number of carbonyl (C=O) groups is 1. The Labute approximate surface area is 131 Å². The molecule has 0 saturated heterocycles. The van der Waals surface area contributed by atoms with Gasteiger partial charge in [-0.25, -0.2) is 10.5 Å². The first kappa shape index (κ1) is 15.8. The van der Waals surface area contributed by atoms with Crippen LogP contribution in [0.25, 0.3) is 5.65 Å². The molecule has 21 heavy (non-hydrogen) atoms. The van der Waals surface area contributed by atoms with Crippen molar-refractivity contribution >= 4 is 33.3 Å². The molecule has 0 bridgehead atoms. The zero-order valence-electron chi connectivity index (χ0n) is 12.3. The van der Waals surface area contributed by atoms with E-state index >= 15 is 0 Å². The predicted octanol–water partition coefficient (Wildman–Crippen LogP) is 2.66. The highest BCUT2D eigenvalue weighted by Gasteiger charge is 2.19. The van der Waals surface area contributed by atoms with E-state index in [0.717, 1.165) is 40.2 Å². The summed E-state index contributed by atoms with van der Waals surface area (Å²) in [6, 6.07) is 3.32. The molecule has 0 saturated carbocycles. The summed E-state index contributed by atoms with van der Waals surface area (Å²) in [6.45, 7) is 5.75. The number of nitrogens with one attached hydrogen (secondary N) is 2. The van der Waals surface area contributed by atoms with Crippen LogP contribution in [0.1, 0.15) is 31.7 Å². The Balaban J connectivity index is 2.54. The van der Waals surface area contributed by atoms with E-state index in [0.29, 0.717) is 0 Å². The van der Waals surface area contributed by atoms with Crippen molar-refractivity contribution in [3.8, 4) is 0 Å². The van der Waals surface area contributed by atoms with E-state index in [1.807, 2.05) is 23.5 Å². The maximum absolute atomic E-state index is 11.5. The number of aromatic nitrogens is 2.